The number of Topliss-reactive ketones (excluding diaryl/α,β-unsaturated/α-hetero) is 1. The number of carbonyl (C=O) groups is 3. The van der Waals surface area contributed by atoms with Crippen molar-refractivity contribution in [3.8, 4) is 11.6 Å². The predicted octanol–water partition coefficient (Wildman–Crippen LogP) is 7.11. The van der Waals surface area contributed by atoms with Crippen LogP contribution in [0.5, 0.6) is 11.6 Å². The lowest BCUT2D eigenvalue weighted by Crippen LogP contribution is -2.56. The molecule has 6 atom stereocenters. The van der Waals surface area contributed by atoms with Crippen LogP contribution in [0.15, 0.2) is 18.2 Å². The van der Waals surface area contributed by atoms with Gasteiger partial charge in [-0.1, -0.05) is 32.6 Å². The van der Waals surface area contributed by atoms with Gasteiger partial charge < -0.3 is 24.4 Å². The van der Waals surface area contributed by atoms with Crippen LogP contribution in [-0.4, -0.2) is 70.1 Å². The van der Waals surface area contributed by atoms with Gasteiger partial charge in [-0.05, 0) is 89.2 Å². The molecule has 0 radical (unpaired) electrons. The van der Waals surface area contributed by atoms with Crippen LogP contribution in [0.2, 0.25) is 0 Å². The third-order valence-corrected chi connectivity index (χ3v) is 11.6. The van der Waals surface area contributed by atoms with Crippen LogP contribution in [0.3, 0.4) is 0 Å². The number of methoxy groups -OCH3 is 1. The summed E-state index contributed by atoms with van der Waals surface area (Å²) >= 11 is 0. The Morgan fingerprint density at radius 2 is 1.76 bits per heavy atom. The van der Waals surface area contributed by atoms with Crippen molar-refractivity contribution in [2.45, 2.75) is 134 Å². The molecule has 2 aromatic rings. The molecule has 268 valence electrons. The SMILES string of the molecule is CC[C@@H]1[C@@H]2CN(C(=O)[C@H](C3CCCCC3)NC(=O)O[C@]3(C)CCCC3CCCCC(F)(F)c3nc4ccc(OC)cc4nc3O2)[C@@H]1C(C)=O. The molecule has 3 heterocycles. The zero-order chi connectivity index (χ0) is 34.9. The van der Waals surface area contributed by atoms with Gasteiger partial charge in [-0.15, -0.1) is 0 Å². The summed E-state index contributed by atoms with van der Waals surface area (Å²) in [7, 11) is 1.51. The maximum atomic E-state index is 16.2. The van der Waals surface area contributed by atoms with Crippen molar-refractivity contribution < 1.29 is 37.4 Å². The van der Waals surface area contributed by atoms with Crippen molar-refractivity contribution in [3.05, 3.63) is 23.9 Å². The average molecular weight is 685 g/mol. The van der Waals surface area contributed by atoms with Crippen LogP contribution in [0, 0.1) is 17.8 Å². The van der Waals surface area contributed by atoms with Gasteiger partial charge in [0.2, 0.25) is 11.8 Å². The Balaban J connectivity index is 1.43. The van der Waals surface area contributed by atoms with Crippen molar-refractivity contribution in [1.29, 1.82) is 0 Å². The highest BCUT2D eigenvalue weighted by molar-refractivity contribution is 5.92. The number of halogens is 2. The normalized spacial score (nSPS) is 31.5. The second-order valence-corrected chi connectivity index (χ2v) is 14.8. The van der Waals surface area contributed by atoms with Crippen molar-refractivity contribution in [1.82, 2.24) is 20.2 Å². The molecule has 0 spiro atoms. The molecule has 2 saturated carbocycles. The molecule has 1 aromatic carbocycles. The minimum absolute atomic E-state index is 0.00988. The lowest BCUT2D eigenvalue weighted by molar-refractivity contribution is -0.141. The van der Waals surface area contributed by atoms with Gasteiger partial charge in [-0.3, -0.25) is 9.59 Å². The fourth-order valence-corrected chi connectivity index (χ4v) is 8.89. The third-order valence-electron chi connectivity index (χ3n) is 11.6. The fourth-order valence-electron chi connectivity index (χ4n) is 8.89. The largest absolute Gasteiger partial charge is 0.497 e. The minimum atomic E-state index is -3.36. The van der Waals surface area contributed by atoms with Crippen LogP contribution in [0.1, 0.15) is 110 Å². The number of benzene rings is 1. The number of carbonyl (C=O) groups excluding carboxylic acids is 3. The van der Waals surface area contributed by atoms with Gasteiger partial charge >= 0.3 is 6.09 Å². The van der Waals surface area contributed by atoms with E-state index in [1.807, 2.05) is 13.8 Å². The predicted molar refractivity (Wildman–Crippen MR) is 179 cm³/mol. The Hall–Kier alpha value is -3.57. The van der Waals surface area contributed by atoms with E-state index in [9.17, 15) is 14.4 Å². The van der Waals surface area contributed by atoms with Crippen molar-refractivity contribution in [2.24, 2.45) is 17.8 Å². The molecule has 1 N–H and O–H groups in total. The van der Waals surface area contributed by atoms with Gasteiger partial charge in [-0.25, -0.2) is 14.8 Å². The number of hydrogen-bond donors (Lipinski definition) is 1. The second kappa shape index (κ2) is 14.3. The van der Waals surface area contributed by atoms with E-state index in [4.69, 9.17) is 14.2 Å². The minimum Gasteiger partial charge on any atom is -0.497 e. The molecule has 6 rings (SSSR count). The summed E-state index contributed by atoms with van der Waals surface area (Å²) in [5.74, 6) is -4.38. The first-order valence-electron chi connectivity index (χ1n) is 18.1. The number of nitrogens with zero attached hydrogens (tertiary/aromatic N) is 3. The quantitative estimate of drug-likeness (QED) is 0.362. The number of ether oxygens (including phenoxy) is 3. The van der Waals surface area contributed by atoms with E-state index in [0.29, 0.717) is 36.9 Å². The third kappa shape index (κ3) is 7.20. The van der Waals surface area contributed by atoms with E-state index >= 15 is 8.78 Å². The van der Waals surface area contributed by atoms with Gasteiger partial charge in [0.1, 0.15) is 23.5 Å². The molecule has 4 aliphatic rings. The van der Waals surface area contributed by atoms with Gasteiger partial charge in [0.05, 0.1) is 30.7 Å². The van der Waals surface area contributed by atoms with E-state index < -0.39 is 53.8 Å². The summed E-state index contributed by atoms with van der Waals surface area (Å²) in [6, 6.07) is 3.12. The van der Waals surface area contributed by atoms with E-state index in [1.54, 1.807) is 18.2 Å². The Morgan fingerprint density at radius 3 is 2.47 bits per heavy atom. The Morgan fingerprint density at radius 1 is 1.02 bits per heavy atom. The van der Waals surface area contributed by atoms with E-state index in [0.717, 1.165) is 44.9 Å². The summed E-state index contributed by atoms with van der Waals surface area (Å²) in [4.78, 5) is 52.0. The number of nitrogens with one attached hydrogen (secondary N) is 1. The molecule has 2 aliphatic carbocycles. The summed E-state index contributed by atoms with van der Waals surface area (Å²) < 4.78 is 50.4. The number of fused-ring (bicyclic) bond motifs is 5. The maximum Gasteiger partial charge on any atom is 0.408 e. The zero-order valence-electron chi connectivity index (χ0n) is 29.1. The topological polar surface area (TPSA) is 120 Å². The highest BCUT2D eigenvalue weighted by atomic mass is 19.3. The standard InChI is InChI=1S/C37H50F2N4O6/c1-5-26-29-21-43(31(26)22(2)44)34(45)30(23-12-7-6-8-13-23)42-35(46)49-36(3)18-11-15-24(36)14-9-10-19-37(38,39)32-33(48-29)41-28-20-25(47-4)16-17-27(28)40-32/h16-17,20,23-24,26,29-31H,5-15,18-19,21H2,1-4H3,(H,42,46)/t24?,26-,29+,30+,31-,36-/m1/s1. The van der Waals surface area contributed by atoms with Crippen LogP contribution in [0.25, 0.3) is 11.0 Å². The summed E-state index contributed by atoms with van der Waals surface area (Å²) in [6.45, 7) is 5.22. The van der Waals surface area contributed by atoms with Gasteiger partial charge in [0.25, 0.3) is 5.92 Å². The number of ketones is 1. The van der Waals surface area contributed by atoms with E-state index in [1.165, 1.54) is 18.9 Å². The van der Waals surface area contributed by atoms with Crippen LogP contribution in [-0.2, 0) is 20.2 Å². The molecule has 2 aliphatic heterocycles. The zero-order valence-corrected chi connectivity index (χ0v) is 29.1. The molecular weight excluding hydrogens is 634 g/mol. The van der Waals surface area contributed by atoms with E-state index in [2.05, 4.69) is 15.3 Å². The van der Waals surface area contributed by atoms with E-state index in [-0.39, 0.29) is 47.9 Å². The van der Waals surface area contributed by atoms with Crippen molar-refractivity contribution in [3.63, 3.8) is 0 Å². The number of alkyl halides is 2. The first kappa shape index (κ1) is 35.3. The smallest absolute Gasteiger partial charge is 0.408 e. The molecule has 2 amide bonds. The van der Waals surface area contributed by atoms with Gasteiger partial charge in [0.15, 0.2) is 11.5 Å². The monoisotopic (exact) mass is 684 g/mol. The molecule has 10 nitrogen and oxygen atoms in total. The second-order valence-electron chi connectivity index (χ2n) is 14.8. The van der Waals surface area contributed by atoms with Gasteiger partial charge in [-0.2, -0.15) is 8.78 Å². The molecule has 1 aromatic heterocycles. The summed E-state index contributed by atoms with van der Waals surface area (Å²) in [6.07, 6.45) is 6.73. The maximum absolute atomic E-state index is 16.2. The first-order chi connectivity index (χ1) is 23.4. The Kier molecular flexibility index (Phi) is 10.3. The molecule has 49 heavy (non-hydrogen) atoms. The molecule has 12 heteroatoms. The number of rotatable bonds is 4. The number of hydrogen-bond acceptors (Lipinski definition) is 8. The number of aromatic nitrogens is 2. The summed E-state index contributed by atoms with van der Waals surface area (Å²) in [5, 5.41) is 2.97. The Labute approximate surface area is 287 Å². The average Bonchev–Trinajstić information content (AvgIpc) is 3.63. The van der Waals surface area contributed by atoms with Crippen LogP contribution in [0.4, 0.5) is 13.6 Å². The molecule has 2 bridgehead atoms. The number of alkyl carbamates (subject to hydrolysis) is 1. The van der Waals surface area contributed by atoms with Crippen molar-refractivity contribution >= 4 is 28.8 Å². The molecule has 1 saturated heterocycles. The van der Waals surface area contributed by atoms with Crippen LogP contribution < -0.4 is 14.8 Å². The van der Waals surface area contributed by atoms with Crippen LogP contribution >= 0.6 is 0 Å². The molecule has 1 unspecified atom stereocenters. The number of amides is 2. The molecular formula is C37H50F2N4O6. The highest BCUT2D eigenvalue weighted by Gasteiger charge is 2.51. The molecule has 3 fully saturated rings. The fraction of sp³-hybridized carbons (Fsp3) is 0.703. The lowest BCUT2D eigenvalue weighted by atomic mass is 9.83. The highest BCUT2D eigenvalue weighted by Crippen LogP contribution is 2.44. The van der Waals surface area contributed by atoms with Crippen molar-refractivity contribution in [2.75, 3.05) is 13.7 Å². The lowest BCUT2D eigenvalue weighted by Gasteiger charge is -2.36. The summed E-state index contributed by atoms with van der Waals surface area (Å²) in [5.41, 5.74) is -0.699. The van der Waals surface area contributed by atoms with Gasteiger partial charge in [0, 0.05) is 18.4 Å². The Bertz CT molecular complexity index is 1550. The first-order valence-corrected chi connectivity index (χ1v) is 18.1.